The number of pyridine rings is 1. The third kappa shape index (κ3) is 4.78. The molecule has 196 valence electrons. The van der Waals surface area contributed by atoms with E-state index in [4.69, 9.17) is 4.74 Å². The molecule has 0 N–H and O–H groups in total. The van der Waals surface area contributed by atoms with Gasteiger partial charge in [0.25, 0.3) is 5.56 Å². The highest BCUT2D eigenvalue weighted by atomic mass is 19.4. The van der Waals surface area contributed by atoms with Crippen LogP contribution in [-0.2, 0) is 24.1 Å². The number of halogens is 3. The fraction of sp³-hybridized carbons (Fsp3) is 0.179. The molecule has 0 saturated carbocycles. The van der Waals surface area contributed by atoms with Crippen LogP contribution in [0.15, 0.2) is 71.5 Å². The Morgan fingerprint density at radius 1 is 0.949 bits per heavy atom. The third-order valence-electron chi connectivity index (χ3n) is 6.31. The standard InChI is InChI=1S/C28H21F3N6O2/c1-17-21(12-13-22(33-17)28(29,30)31)15-36-27(38)25(20-10-8-18(14-32)9-11-20)24(19-6-4-3-5-7-19)26-35-34-23(16-39-2)37(26)36/h3-13H,15-16H2,1-2H3. The number of nitriles is 1. The van der Waals surface area contributed by atoms with E-state index in [9.17, 15) is 23.2 Å². The summed E-state index contributed by atoms with van der Waals surface area (Å²) < 4.78 is 47.9. The number of hydrogen-bond donors (Lipinski definition) is 0. The van der Waals surface area contributed by atoms with E-state index >= 15 is 0 Å². The number of rotatable bonds is 6. The molecule has 0 saturated heterocycles. The van der Waals surface area contributed by atoms with Crippen molar-refractivity contribution in [2.24, 2.45) is 0 Å². The minimum atomic E-state index is -4.59. The highest BCUT2D eigenvalue weighted by Crippen LogP contribution is 2.33. The van der Waals surface area contributed by atoms with Crippen molar-refractivity contribution in [3.05, 3.63) is 105 Å². The van der Waals surface area contributed by atoms with Gasteiger partial charge in [0.05, 0.1) is 23.7 Å². The maximum Gasteiger partial charge on any atom is 0.433 e. The molecule has 3 heterocycles. The Balaban J connectivity index is 1.83. The second-order valence-electron chi connectivity index (χ2n) is 8.79. The number of ether oxygens (including phenoxy) is 1. The first-order valence-corrected chi connectivity index (χ1v) is 11.8. The molecule has 3 aromatic heterocycles. The highest BCUT2D eigenvalue weighted by molar-refractivity contribution is 5.91. The van der Waals surface area contributed by atoms with Crippen molar-refractivity contribution in [1.82, 2.24) is 24.4 Å². The smallest absolute Gasteiger partial charge is 0.377 e. The minimum Gasteiger partial charge on any atom is -0.377 e. The summed E-state index contributed by atoms with van der Waals surface area (Å²) in [6, 6.07) is 20.1. The van der Waals surface area contributed by atoms with Crippen molar-refractivity contribution in [2.75, 3.05) is 7.11 Å². The molecule has 0 aliphatic rings. The minimum absolute atomic E-state index is 0.0370. The molecule has 0 radical (unpaired) electrons. The van der Waals surface area contributed by atoms with Gasteiger partial charge in [0.1, 0.15) is 12.3 Å². The predicted octanol–water partition coefficient (Wildman–Crippen LogP) is 5.01. The topological polar surface area (TPSA) is 98.1 Å². The quantitative estimate of drug-likeness (QED) is 0.306. The van der Waals surface area contributed by atoms with Crippen molar-refractivity contribution in [3.8, 4) is 28.3 Å². The predicted molar refractivity (Wildman–Crippen MR) is 137 cm³/mol. The molecular weight excluding hydrogens is 509 g/mol. The van der Waals surface area contributed by atoms with Crippen molar-refractivity contribution in [2.45, 2.75) is 26.3 Å². The van der Waals surface area contributed by atoms with Crippen LogP contribution in [0.3, 0.4) is 0 Å². The zero-order chi connectivity index (χ0) is 27.7. The lowest BCUT2D eigenvalue weighted by molar-refractivity contribution is -0.141. The van der Waals surface area contributed by atoms with Gasteiger partial charge in [0, 0.05) is 18.4 Å². The van der Waals surface area contributed by atoms with Gasteiger partial charge in [0.15, 0.2) is 11.5 Å². The van der Waals surface area contributed by atoms with Crippen LogP contribution in [0.5, 0.6) is 0 Å². The van der Waals surface area contributed by atoms with Crippen LogP contribution in [0.2, 0.25) is 0 Å². The van der Waals surface area contributed by atoms with Gasteiger partial charge in [-0.1, -0.05) is 48.5 Å². The summed E-state index contributed by atoms with van der Waals surface area (Å²) in [6.45, 7) is 1.41. The summed E-state index contributed by atoms with van der Waals surface area (Å²) in [7, 11) is 1.48. The first-order chi connectivity index (χ1) is 18.7. The van der Waals surface area contributed by atoms with E-state index in [1.165, 1.54) is 24.8 Å². The molecule has 0 bridgehead atoms. The number of aromatic nitrogens is 5. The van der Waals surface area contributed by atoms with Gasteiger partial charge >= 0.3 is 6.18 Å². The fourth-order valence-corrected chi connectivity index (χ4v) is 4.46. The van der Waals surface area contributed by atoms with Crippen LogP contribution in [0.1, 0.15) is 28.3 Å². The van der Waals surface area contributed by atoms with Gasteiger partial charge in [-0.3, -0.25) is 4.79 Å². The lowest BCUT2D eigenvalue weighted by atomic mass is 9.96. The van der Waals surface area contributed by atoms with Gasteiger partial charge < -0.3 is 4.74 Å². The monoisotopic (exact) mass is 530 g/mol. The van der Waals surface area contributed by atoms with Gasteiger partial charge in [-0.25, -0.2) is 14.2 Å². The van der Waals surface area contributed by atoms with Gasteiger partial charge in [-0.05, 0) is 41.8 Å². The molecule has 0 unspecified atom stereocenters. The van der Waals surface area contributed by atoms with E-state index in [1.807, 2.05) is 30.3 Å². The molecule has 5 aromatic rings. The zero-order valence-electron chi connectivity index (χ0n) is 20.9. The summed E-state index contributed by atoms with van der Waals surface area (Å²) in [4.78, 5) is 18.0. The molecule has 0 aliphatic heterocycles. The Hall–Kier alpha value is -4.82. The molecule has 0 atom stereocenters. The number of nitrogens with zero attached hydrogens (tertiary/aromatic N) is 6. The second kappa shape index (κ2) is 10.2. The van der Waals surface area contributed by atoms with Crippen molar-refractivity contribution in [3.63, 3.8) is 0 Å². The van der Waals surface area contributed by atoms with Gasteiger partial charge in [0.2, 0.25) is 0 Å². The zero-order valence-corrected chi connectivity index (χ0v) is 20.9. The summed E-state index contributed by atoms with van der Waals surface area (Å²) in [6.07, 6.45) is -4.59. The van der Waals surface area contributed by atoms with Crippen LogP contribution < -0.4 is 5.56 Å². The second-order valence-corrected chi connectivity index (χ2v) is 8.79. The molecule has 5 rings (SSSR count). The average Bonchev–Trinajstić information content (AvgIpc) is 3.34. The highest BCUT2D eigenvalue weighted by Gasteiger charge is 2.33. The van der Waals surface area contributed by atoms with Crippen LogP contribution in [-0.4, -0.2) is 31.5 Å². The fourth-order valence-electron chi connectivity index (χ4n) is 4.46. The van der Waals surface area contributed by atoms with E-state index in [2.05, 4.69) is 21.3 Å². The Morgan fingerprint density at radius 3 is 2.26 bits per heavy atom. The van der Waals surface area contributed by atoms with Crippen LogP contribution in [0.4, 0.5) is 13.2 Å². The molecular formula is C28H21F3N6O2. The summed E-state index contributed by atoms with van der Waals surface area (Å²) in [5.74, 6) is 0.339. The summed E-state index contributed by atoms with van der Waals surface area (Å²) >= 11 is 0. The molecule has 0 amide bonds. The lowest BCUT2D eigenvalue weighted by Gasteiger charge is -2.18. The summed E-state index contributed by atoms with van der Waals surface area (Å²) in [5.41, 5.74) is 2.02. The van der Waals surface area contributed by atoms with E-state index in [-0.39, 0.29) is 18.8 Å². The van der Waals surface area contributed by atoms with E-state index in [1.54, 1.807) is 28.8 Å². The number of benzene rings is 2. The third-order valence-corrected chi connectivity index (χ3v) is 6.31. The van der Waals surface area contributed by atoms with E-state index < -0.39 is 17.4 Å². The Morgan fingerprint density at radius 2 is 1.64 bits per heavy atom. The molecule has 8 nitrogen and oxygen atoms in total. The Bertz CT molecular complexity index is 1770. The number of aryl methyl sites for hydroxylation is 1. The first-order valence-electron chi connectivity index (χ1n) is 11.8. The molecule has 2 aromatic carbocycles. The molecule has 11 heteroatoms. The van der Waals surface area contributed by atoms with Crippen LogP contribution in [0, 0.1) is 18.3 Å². The van der Waals surface area contributed by atoms with Gasteiger partial charge in [-0.15, -0.1) is 10.2 Å². The van der Waals surface area contributed by atoms with Crippen molar-refractivity contribution in [1.29, 1.82) is 5.26 Å². The molecule has 0 aliphatic carbocycles. The van der Waals surface area contributed by atoms with Crippen LogP contribution >= 0.6 is 0 Å². The number of methoxy groups -OCH3 is 1. The average molecular weight is 531 g/mol. The van der Waals surface area contributed by atoms with Crippen molar-refractivity contribution >= 4 is 5.65 Å². The lowest BCUT2D eigenvalue weighted by Crippen LogP contribution is -2.30. The largest absolute Gasteiger partial charge is 0.433 e. The Kier molecular flexibility index (Phi) is 6.72. The Labute approximate surface area is 220 Å². The summed E-state index contributed by atoms with van der Waals surface area (Å²) in [5, 5.41) is 17.9. The van der Waals surface area contributed by atoms with E-state index in [0.29, 0.717) is 39.3 Å². The number of alkyl halides is 3. The normalized spacial score (nSPS) is 11.6. The molecule has 39 heavy (non-hydrogen) atoms. The maximum atomic E-state index is 14.3. The van der Waals surface area contributed by atoms with Gasteiger partial charge in [-0.2, -0.15) is 18.4 Å². The number of fused-ring (bicyclic) bond motifs is 1. The molecule has 0 fully saturated rings. The number of hydrogen-bond acceptors (Lipinski definition) is 6. The SMILES string of the molecule is COCc1nnc2c(-c3ccccc3)c(-c3ccc(C#N)cc3)c(=O)n(Cc3ccc(C(F)(F)F)nc3C)n12. The molecule has 0 spiro atoms. The van der Waals surface area contributed by atoms with Crippen molar-refractivity contribution < 1.29 is 17.9 Å². The first kappa shape index (κ1) is 25.8. The maximum absolute atomic E-state index is 14.3. The van der Waals surface area contributed by atoms with Crippen LogP contribution in [0.25, 0.3) is 27.9 Å². The van der Waals surface area contributed by atoms with E-state index in [0.717, 1.165) is 11.6 Å².